The molecule has 1 heterocycles. The van der Waals surface area contributed by atoms with Crippen LogP contribution in [0.1, 0.15) is 68.4 Å². The van der Waals surface area contributed by atoms with Crippen molar-refractivity contribution in [1.82, 2.24) is 9.80 Å². The lowest BCUT2D eigenvalue weighted by Crippen LogP contribution is -2.38. The molecule has 2 fully saturated rings. The van der Waals surface area contributed by atoms with E-state index < -0.39 is 5.60 Å². The summed E-state index contributed by atoms with van der Waals surface area (Å²) in [7, 11) is 1.78. The third-order valence-electron chi connectivity index (χ3n) is 5.27. The van der Waals surface area contributed by atoms with E-state index in [9.17, 15) is 14.4 Å². The summed E-state index contributed by atoms with van der Waals surface area (Å²) in [5.41, 5.74) is 1.10. The fourth-order valence-corrected chi connectivity index (χ4v) is 3.64. The van der Waals surface area contributed by atoms with Gasteiger partial charge in [-0.2, -0.15) is 0 Å². The Kier molecular flexibility index (Phi) is 5.77. The molecule has 1 aromatic carbocycles. The zero-order chi connectivity index (χ0) is 20.5. The van der Waals surface area contributed by atoms with Crippen LogP contribution in [0.4, 0.5) is 4.79 Å². The molecule has 0 bridgehead atoms. The number of ketones is 1. The normalized spacial score (nSPS) is 18.6. The Morgan fingerprint density at radius 3 is 2.18 bits per heavy atom. The molecule has 1 saturated heterocycles. The summed E-state index contributed by atoms with van der Waals surface area (Å²) < 4.78 is 5.53. The van der Waals surface area contributed by atoms with Crippen LogP contribution < -0.4 is 0 Å². The second-order valence-electron chi connectivity index (χ2n) is 8.83. The molecule has 0 spiro atoms. The van der Waals surface area contributed by atoms with E-state index >= 15 is 0 Å². The van der Waals surface area contributed by atoms with Crippen LogP contribution in [-0.4, -0.2) is 53.3 Å². The lowest BCUT2D eigenvalue weighted by molar-refractivity contribution is -0.120. The van der Waals surface area contributed by atoms with Crippen molar-refractivity contribution in [1.29, 1.82) is 0 Å². The van der Waals surface area contributed by atoms with Crippen LogP contribution in [0.3, 0.4) is 0 Å². The monoisotopic (exact) mass is 386 g/mol. The van der Waals surface area contributed by atoms with Crippen molar-refractivity contribution in [3.8, 4) is 0 Å². The number of carbonyl (C=O) groups excluding carboxylic acids is 3. The number of likely N-dealkylation sites (tertiary alicyclic amines) is 1. The first-order chi connectivity index (χ1) is 13.2. The predicted octanol–water partition coefficient (Wildman–Crippen LogP) is 3.81. The number of Topliss-reactive ketones (excluding diaryl/α,β-unsaturated/α-hetero) is 1. The number of amides is 2. The van der Waals surface area contributed by atoms with Gasteiger partial charge in [-0.3, -0.25) is 9.59 Å². The standard InChI is InChI=1S/C22H30N2O4/c1-22(2,3)28-21(27)23(4)19(15-5-6-15)16-7-9-17(10-8-16)20(26)24-13-11-18(25)12-14-24/h7-10,15,19H,5-6,11-14H2,1-4H3. The smallest absolute Gasteiger partial charge is 0.410 e. The van der Waals surface area contributed by atoms with Gasteiger partial charge < -0.3 is 14.5 Å². The van der Waals surface area contributed by atoms with Gasteiger partial charge in [-0.25, -0.2) is 4.79 Å². The maximum absolute atomic E-state index is 12.7. The molecule has 2 amide bonds. The molecule has 1 aromatic rings. The Labute approximate surface area is 166 Å². The van der Waals surface area contributed by atoms with Crippen molar-refractivity contribution in [3.05, 3.63) is 35.4 Å². The highest BCUT2D eigenvalue weighted by molar-refractivity contribution is 5.95. The molecule has 6 nitrogen and oxygen atoms in total. The highest BCUT2D eigenvalue weighted by Gasteiger charge is 2.38. The van der Waals surface area contributed by atoms with E-state index in [4.69, 9.17) is 4.74 Å². The lowest BCUT2D eigenvalue weighted by atomic mass is 9.99. The molecular weight excluding hydrogens is 356 g/mol. The summed E-state index contributed by atoms with van der Waals surface area (Å²) in [4.78, 5) is 40.0. The summed E-state index contributed by atoms with van der Waals surface area (Å²) in [5, 5.41) is 0. The van der Waals surface area contributed by atoms with Crippen LogP contribution >= 0.6 is 0 Å². The van der Waals surface area contributed by atoms with Gasteiger partial charge in [0.15, 0.2) is 0 Å². The molecule has 1 aliphatic heterocycles. The minimum absolute atomic E-state index is 0.0393. The van der Waals surface area contributed by atoms with Crippen LogP contribution in [0.2, 0.25) is 0 Å². The number of carbonyl (C=O) groups is 3. The van der Waals surface area contributed by atoms with Gasteiger partial charge in [-0.05, 0) is 57.2 Å². The molecular formula is C22H30N2O4. The molecule has 0 radical (unpaired) electrons. The maximum Gasteiger partial charge on any atom is 0.410 e. The zero-order valence-electron chi connectivity index (χ0n) is 17.2. The van der Waals surface area contributed by atoms with Gasteiger partial charge in [0.2, 0.25) is 0 Å². The zero-order valence-corrected chi connectivity index (χ0v) is 17.2. The second-order valence-corrected chi connectivity index (χ2v) is 8.83. The number of rotatable bonds is 4. The third kappa shape index (κ3) is 4.91. The van der Waals surface area contributed by atoms with E-state index in [0.717, 1.165) is 18.4 Å². The van der Waals surface area contributed by atoms with Crippen molar-refractivity contribution in [2.45, 2.75) is 58.1 Å². The number of benzene rings is 1. The fourth-order valence-electron chi connectivity index (χ4n) is 3.64. The van der Waals surface area contributed by atoms with Crippen molar-refractivity contribution in [3.63, 3.8) is 0 Å². The quantitative estimate of drug-likeness (QED) is 0.789. The Hall–Kier alpha value is -2.37. The molecule has 1 atom stereocenters. The van der Waals surface area contributed by atoms with Gasteiger partial charge in [-0.1, -0.05) is 12.1 Å². The average Bonchev–Trinajstić information content (AvgIpc) is 3.46. The van der Waals surface area contributed by atoms with Crippen molar-refractivity contribution in [2.24, 2.45) is 5.92 Å². The minimum atomic E-state index is -0.536. The average molecular weight is 386 g/mol. The summed E-state index contributed by atoms with van der Waals surface area (Å²) in [6, 6.07) is 7.48. The van der Waals surface area contributed by atoms with Crippen molar-refractivity contribution in [2.75, 3.05) is 20.1 Å². The number of ether oxygens (including phenoxy) is 1. The lowest BCUT2D eigenvalue weighted by Gasteiger charge is -2.31. The third-order valence-corrected chi connectivity index (χ3v) is 5.27. The molecule has 0 aromatic heterocycles. The van der Waals surface area contributed by atoms with E-state index in [1.54, 1.807) is 16.8 Å². The van der Waals surface area contributed by atoms with Crippen LogP contribution in [-0.2, 0) is 9.53 Å². The minimum Gasteiger partial charge on any atom is -0.444 e. The van der Waals surface area contributed by atoms with Gasteiger partial charge >= 0.3 is 6.09 Å². The van der Waals surface area contributed by atoms with Crippen LogP contribution in [0.15, 0.2) is 24.3 Å². The first kappa shape index (κ1) is 20.4. The number of hydrogen-bond donors (Lipinski definition) is 0. The fraction of sp³-hybridized carbons (Fsp3) is 0.591. The van der Waals surface area contributed by atoms with Gasteiger partial charge in [0, 0.05) is 38.5 Å². The molecule has 0 N–H and O–H groups in total. The predicted molar refractivity (Wildman–Crippen MR) is 106 cm³/mol. The van der Waals surface area contributed by atoms with E-state index in [2.05, 4.69) is 0 Å². The molecule has 28 heavy (non-hydrogen) atoms. The maximum atomic E-state index is 12.7. The summed E-state index contributed by atoms with van der Waals surface area (Å²) >= 11 is 0. The first-order valence-electron chi connectivity index (χ1n) is 10.0. The second kappa shape index (κ2) is 7.94. The van der Waals surface area contributed by atoms with Crippen LogP contribution in [0.5, 0.6) is 0 Å². The molecule has 1 unspecified atom stereocenters. The number of nitrogens with zero attached hydrogens (tertiary/aromatic N) is 2. The highest BCUT2D eigenvalue weighted by Crippen LogP contribution is 2.44. The summed E-state index contributed by atoms with van der Waals surface area (Å²) in [6.45, 7) is 6.56. The molecule has 2 aliphatic rings. The molecule has 1 aliphatic carbocycles. The van der Waals surface area contributed by atoms with Crippen LogP contribution in [0, 0.1) is 5.92 Å². The number of piperidine rings is 1. The molecule has 6 heteroatoms. The Morgan fingerprint density at radius 1 is 1.11 bits per heavy atom. The topological polar surface area (TPSA) is 66.9 Å². The van der Waals surface area contributed by atoms with Crippen LogP contribution in [0.25, 0.3) is 0 Å². The highest BCUT2D eigenvalue weighted by atomic mass is 16.6. The van der Waals surface area contributed by atoms with Gasteiger partial charge in [0.25, 0.3) is 5.91 Å². The largest absolute Gasteiger partial charge is 0.444 e. The Morgan fingerprint density at radius 2 is 1.68 bits per heavy atom. The Bertz CT molecular complexity index is 737. The molecule has 1 saturated carbocycles. The van der Waals surface area contributed by atoms with Gasteiger partial charge in [0.1, 0.15) is 11.4 Å². The van der Waals surface area contributed by atoms with Gasteiger partial charge in [-0.15, -0.1) is 0 Å². The number of hydrogen-bond acceptors (Lipinski definition) is 4. The summed E-state index contributed by atoms with van der Waals surface area (Å²) in [6.07, 6.45) is 2.71. The molecule has 152 valence electrons. The van der Waals surface area contributed by atoms with Crippen molar-refractivity contribution >= 4 is 17.8 Å². The van der Waals surface area contributed by atoms with Crippen molar-refractivity contribution < 1.29 is 19.1 Å². The van der Waals surface area contributed by atoms with E-state index in [1.807, 2.05) is 45.0 Å². The van der Waals surface area contributed by atoms with E-state index in [0.29, 0.717) is 37.4 Å². The summed E-state index contributed by atoms with van der Waals surface area (Å²) in [5.74, 6) is 0.603. The van der Waals surface area contributed by atoms with E-state index in [1.165, 1.54) is 0 Å². The Balaban J connectivity index is 1.72. The molecule has 3 rings (SSSR count). The SMILES string of the molecule is CN(C(=O)OC(C)(C)C)C(c1ccc(C(=O)N2CCC(=O)CC2)cc1)C1CC1. The first-order valence-corrected chi connectivity index (χ1v) is 10.0. The van der Waals surface area contributed by atoms with Gasteiger partial charge in [0.05, 0.1) is 6.04 Å². The van der Waals surface area contributed by atoms with E-state index in [-0.39, 0.29) is 23.8 Å².